The lowest BCUT2D eigenvalue weighted by atomic mass is 9.81. The Balaban J connectivity index is 1.78. The molecule has 0 amide bonds. The first-order valence-corrected chi connectivity index (χ1v) is 6.49. The molecule has 0 aromatic carbocycles. The highest BCUT2D eigenvalue weighted by molar-refractivity contribution is 5.38. The molecule has 102 valence electrons. The molecule has 0 saturated heterocycles. The fourth-order valence-corrected chi connectivity index (χ4v) is 2.67. The average Bonchev–Trinajstić information content (AvgIpc) is 2.81. The summed E-state index contributed by atoms with van der Waals surface area (Å²) in [5.74, 6) is -2.44. The van der Waals surface area contributed by atoms with Gasteiger partial charge in [0, 0.05) is 19.0 Å². The van der Waals surface area contributed by atoms with E-state index in [1.165, 1.54) is 0 Å². The van der Waals surface area contributed by atoms with Gasteiger partial charge in [0.15, 0.2) is 5.65 Å². The van der Waals surface area contributed by atoms with Crippen molar-refractivity contribution < 1.29 is 8.78 Å². The van der Waals surface area contributed by atoms with Gasteiger partial charge in [-0.05, 0) is 30.9 Å². The zero-order valence-electron chi connectivity index (χ0n) is 10.5. The highest BCUT2D eigenvalue weighted by atomic mass is 19.3. The normalized spacial score (nSPS) is 21.6. The lowest BCUT2D eigenvalue weighted by molar-refractivity contribution is -0.0484. The van der Waals surface area contributed by atoms with Crippen LogP contribution < -0.4 is 5.73 Å². The molecule has 0 radical (unpaired) electrons. The lowest BCUT2D eigenvalue weighted by Crippen LogP contribution is -2.31. The summed E-state index contributed by atoms with van der Waals surface area (Å²) in [5.41, 5.74) is 7.63. The van der Waals surface area contributed by atoms with Crippen LogP contribution in [0.25, 0.3) is 5.65 Å². The summed E-state index contributed by atoms with van der Waals surface area (Å²) in [6.45, 7) is 0. The first-order chi connectivity index (χ1) is 9.05. The van der Waals surface area contributed by atoms with Crippen molar-refractivity contribution >= 4 is 5.65 Å². The number of aromatic nitrogens is 3. The predicted molar refractivity (Wildman–Crippen MR) is 66.8 cm³/mol. The van der Waals surface area contributed by atoms with Gasteiger partial charge in [-0.25, -0.2) is 18.3 Å². The quantitative estimate of drug-likeness (QED) is 0.908. The molecule has 0 bridgehead atoms. The number of halogens is 2. The molecule has 1 fully saturated rings. The molecule has 0 unspecified atom stereocenters. The van der Waals surface area contributed by atoms with E-state index in [-0.39, 0.29) is 24.8 Å². The van der Waals surface area contributed by atoms with Crippen LogP contribution in [0.3, 0.4) is 0 Å². The van der Waals surface area contributed by atoms with Crippen molar-refractivity contribution in [3.8, 4) is 0 Å². The Labute approximate surface area is 109 Å². The number of nitrogens with two attached hydrogens (primary N) is 1. The number of hydrogen-bond donors (Lipinski definition) is 1. The number of hydrogen-bond acceptors (Lipinski definition) is 3. The van der Waals surface area contributed by atoms with Gasteiger partial charge in [0.25, 0.3) is 0 Å². The monoisotopic (exact) mass is 266 g/mol. The topological polar surface area (TPSA) is 56.2 Å². The molecule has 1 atom stereocenters. The van der Waals surface area contributed by atoms with Crippen LogP contribution in [0.15, 0.2) is 24.5 Å². The van der Waals surface area contributed by atoms with Gasteiger partial charge in [-0.3, -0.25) is 0 Å². The smallest absolute Gasteiger partial charge is 0.248 e. The van der Waals surface area contributed by atoms with Gasteiger partial charge in [-0.15, -0.1) is 0 Å². The van der Waals surface area contributed by atoms with Gasteiger partial charge in [0.2, 0.25) is 5.92 Å². The Hall–Kier alpha value is -1.56. The minimum absolute atomic E-state index is 0.0724. The Bertz CT molecular complexity index is 538. The number of fused-ring (bicyclic) bond motifs is 1. The summed E-state index contributed by atoms with van der Waals surface area (Å²) >= 11 is 0. The van der Waals surface area contributed by atoms with Gasteiger partial charge in [0.05, 0.1) is 17.9 Å². The zero-order chi connectivity index (χ0) is 13.5. The van der Waals surface area contributed by atoms with Crippen LogP contribution in [0, 0.1) is 5.92 Å². The third-order valence-corrected chi connectivity index (χ3v) is 3.87. The average molecular weight is 266 g/mol. The van der Waals surface area contributed by atoms with Crippen LogP contribution in [-0.4, -0.2) is 20.5 Å². The van der Waals surface area contributed by atoms with Crippen LogP contribution >= 0.6 is 0 Å². The molecule has 1 saturated carbocycles. The van der Waals surface area contributed by atoms with E-state index in [4.69, 9.17) is 5.73 Å². The molecule has 2 aromatic rings. The first kappa shape index (κ1) is 12.5. The molecule has 3 rings (SSSR count). The molecule has 0 aliphatic heterocycles. The second-order valence-electron chi connectivity index (χ2n) is 5.21. The highest BCUT2D eigenvalue weighted by Crippen LogP contribution is 2.40. The van der Waals surface area contributed by atoms with Crippen molar-refractivity contribution in [2.24, 2.45) is 11.7 Å². The standard InChI is InChI=1S/C13H16F2N4/c14-13(15)5-3-9(4-6-13)12(16)10-8-19-11(18-10)2-1-7-17-19/h1-2,7-9,12H,3-6,16H2/t12-/m0/s1. The Morgan fingerprint density at radius 1 is 1.37 bits per heavy atom. The molecule has 2 heterocycles. The van der Waals surface area contributed by atoms with Crippen LogP contribution in [0.1, 0.15) is 37.4 Å². The summed E-state index contributed by atoms with van der Waals surface area (Å²) < 4.78 is 27.9. The minimum atomic E-state index is -2.52. The minimum Gasteiger partial charge on any atom is -0.322 e. The number of alkyl halides is 2. The second kappa shape index (κ2) is 4.52. The molecular formula is C13H16F2N4. The molecule has 2 N–H and O–H groups in total. The molecule has 1 aliphatic carbocycles. The summed E-state index contributed by atoms with van der Waals surface area (Å²) in [4.78, 5) is 4.41. The van der Waals surface area contributed by atoms with Crippen molar-refractivity contribution in [2.45, 2.75) is 37.6 Å². The summed E-state index contributed by atoms with van der Waals surface area (Å²) in [6.07, 6.45) is 4.22. The molecule has 6 heteroatoms. The number of imidazole rings is 1. The van der Waals surface area contributed by atoms with Gasteiger partial charge in [-0.1, -0.05) is 0 Å². The van der Waals surface area contributed by atoms with E-state index in [1.807, 2.05) is 6.07 Å². The third kappa shape index (κ3) is 2.45. The van der Waals surface area contributed by atoms with Gasteiger partial charge < -0.3 is 5.73 Å². The molecule has 0 spiro atoms. The van der Waals surface area contributed by atoms with Crippen molar-refractivity contribution in [1.29, 1.82) is 0 Å². The molecule has 4 nitrogen and oxygen atoms in total. The van der Waals surface area contributed by atoms with Crippen molar-refractivity contribution in [3.05, 3.63) is 30.2 Å². The van der Waals surface area contributed by atoms with Crippen LogP contribution in [0.4, 0.5) is 8.78 Å². The van der Waals surface area contributed by atoms with Crippen molar-refractivity contribution in [2.75, 3.05) is 0 Å². The summed E-state index contributed by atoms with van der Waals surface area (Å²) in [7, 11) is 0. The van der Waals surface area contributed by atoms with E-state index in [0.717, 1.165) is 11.3 Å². The third-order valence-electron chi connectivity index (χ3n) is 3.87. The number of nitrogens with zero attached hydrogens (tertiary/aromatic N) is 3. The van der Waals surface area contributed by atoms with Gasteiger partial charge >= 0.3 is 0 Å². The lowest BCUT2D eigenvalue weighted by Gasteiger charge is -2.31. The fourth-order valence-electron chi connectivity index (χ4n) is 2.67. The van der Waals surface area contributed by atoms with Crippen LogP contribution in [0.2, 0.25) is 0 Å². The molecule has 2 aromatic heterocycles. The molecule has 1 aliphatic rings. The Kier molecular flexibility index (Phi) is 2.97. The van der Waals surface area contributed by atoms with Crippen LogP contribution in [0.5, 0.6) is 0 Å². The van der Waals surface area contributed by atoms with E-state index in [2.05, 4.69) is 10.1 Å². The maximum absolute atomic E-state index is 13.1. The largest absolute Gasteiger partial charge is 0.322 e. The van der Waals surface area contributed by atoms with E-state index in [0.29, 0.717) is 12.8 Å². The van der Waals surface area contributed by atoms with Crippen LogP contribution in [-0.2, 0) is 0 Å². The number of rotatable bonds is 2. The van der Waals surface area contributed by atoms with Gasteiger partial charge in [-0.2, -0.15) is 5.10 Å². The first-order valence-electron chi connectivity index (χ1n) is 6.49. The zero-order valence-corrected chi connectivity index (χ0v) is 10.5. The van der Waals surface area contributed by atoms with Crippen molar-refractivity contribution in [3.63, 3.8) is 0 Å². The maximum Gasteiger partial charge on any atom is 0.248 e. The second-order valence-corrected chi connectivity index (χ2v) is 5.21. The summed E-state index contributed by atoms with van der Waals surface area (Å²) in [5, 5.41) is 4.13. The van der Waals surface area contributed by atoms with Gasteiger partial charge in [0.1, 0.15) is 0 Å². The molecular weight excluding hydrogens is 250 g/mol. The highest BCUT2D eigenvalue weighted by Gasteiger charge is 2.37. The van der Waals surface area contributed by atoms with E-state index in [1.54, 1.807) is 23.0 Å². The fraction of sp³-hybridized carbons (Fsp3) is 0.538. The maximum atomic E-state index is 13.1. The SMILES string of the molecule is N[C@H](c1cn2ncccc2n1)C1CCC(F)(F)CC1. The van der Waals surface area contributed by atoms with E-state index >= 15 is 0 Å². The van der Waals surface area contributed by atoms with E-state index < -0.39 is 5.92 Å². The predicted octanol–water partition coefficient (Wildman–Crippen LogP) is 2.55. The Morgan fingerprint density at radius 3 is 2.79 bits per heavy atom. The summed E-state index contributed by atoms with van der Waals surface area (Å²) in [6, 6.07) is 3.36. The molecule has 19 heavy (non-hydrogen) atoms. The van der Waals surface area contributed by atoms with Crippen molar-refractivity contribution in [1.82, 2.24) is 14.6 Å². The Morgan fingerprint density at radius 2 is 2.11 bits per heavy atom. The van der Waals surface area contributed by atoms with E-state index in [9.17, 15) is 8.78 Å².